The number of fused-ring (bicyclic) bond motifs is 1. The Hall–Kier alpha value is -1.84. The Kier molecular flexibility index (Phi) is 5.57. The van der Waals surface area contributed by atoms with Crippen molar-refractivity contribution < 1.29 is 4.74 Å². The largest absolute Gasteiger partial charge is 0.457 e. The molecule has 1 aliphatic carbocycles. The van der Waals surface area contributed by atoms with Gasteiger partial charge in [-0.25, -0.2) is 0 Å². The Bertz CT molecular complexity index is 673. The third-order valence-electron chi connectivity index (χ3n) is 5.75. The smallest absolute Gasteiger partial charge is 0.127 e. The molecule has 0 bridgehead atoms. The van der Waals surface area contributed by atoms with Crippen LogP contribution in [0, 0.1) is 5.92 Å². The van der Waals surface area contributed by atoms with Gasteiger partial charge in [0, 0.05) is 18.1 Å². The summed E-state index contributed by atoms with van der Waals surface area (Å²) in [5.74, 6) is 2.61. The summed E-state index contributed by atoms with van der Waals surface area (Å²) in [4.78, 5) is 0. The van der Waals surface area contributed by atoms with Gasteiger partial charge < -0.3 is 15.4 Å². The third-order valence-corrected chi connectivity index (χ3v) is 5.75. The maximum absolute atomic E-state index is 5.93. The molecule has 4 rings (SSSR count). The number of rotatable bonds is 7. The lowest BCUT2D eigenvalue weighted by Gasteiger charge is -2.20. The summed E-state index contributed by atoms with van der Waals surface area (Å²) in [7, 11) is 0. The molecule has 1 saturated heterocycles. The van der Waals surface area contributed by atoms with Crippen LogP contribution in [0.15, 0.2) is 54.6 Å². The highest BCUT2D eigenvalue weighted by Gasteiger charge is 2.50. The first kappa shape index (κ1) is 17.6. The van der Waals surface area contributed by atoms with Crippen LogP contribution >= 0.6 is 0 Å². The molecule has 138 valence electrons. The maximum Gasteiger partial charge on any atom is 0.127 e. The van der Waals surface area contributed by atoms with Gasteiger partial charge in [-0.3, -0.25) is 0 Å². The minimum absolute atomic E-state index is 0.435. The summed E-state index contributed by atoms with van der Waals surface area (Å²) in [5.41, 5.74) is 1.37. The number of nitrogens with one attached hydrogen (secondary N) is 2. The Labute approximate surface area is 157 Å². The van der Waals surface area contributed by atoms with Gasteiger partial charge in [0.2, 0.25) is 0 Å². The first-order chi connectivity index (χ1) is 12.8. The molecular weight excluding hydrogens is 320 g/mol. The molecule has 4 atom stereocenters. The van der Waals surface area contributed by atoms with Crippen molar-refractivity contribution in [2.24, 2.45) is 5.92 Å². The minimum Gasteiger partial charge on any atom is -0.457 e. The molecule has 0 radical (unpaired) electrons. The molecule has 0 amide bonds. The SMILES string of the molecule is CCCC(NC1C2CCCCNC21)c1ccc(Oc2ccccc2)cc1. The zero-order chi connectivity index (χ0) is 17.8. The Balaban J connectivity index is 1.40. The van der Waals surface area contributed by atoms with Crippen LogP contribution in [0.2, 0.25) is 0 Å². The van der Waals surface area contributed by atoms with Crippen LogP contribution in [0.25, 0.3) is 0 Å². The fourth-order valence-corrected chi connectivity index (χ4v) is 4.27. The number of para-hydroxylation sites is 1. The van der Waals surface area contributed by atoms with Crippen molar-refractivity contribution in [1.29, 1.82) is 0 Å². The van der Waals surface area contributed by atoms with E-state index in [0.29, 0.717) is 18.1 Å². The van der Waals surface area contributed by atoms with Crippen molar-refractivity contribution in [2.45, 2.75) is 57.2 Å². The molecule has 0 aromatic heterocycles. The van der Waals surface area contributed by atoms with Gasteiger partial charge in [-0.15, -0.1) is 0 Å². The van der Waals surface area contributed by atoms with Gasteiger partial charge in [0.1, 0.15) is 11.5 Å². The van der Waals surface area contributed by atoms with E-state index in [-0.39, 0.29) is 0 Å². The maximum atomic E-state index is 5.93. The summed E-state index contributed by atoms with van der Waals surface area (Å²) in [6.07, 6.45) is 6.44. The van der Waals surface area contributed by atoms with Crippen LogP contribution in [0.5, 0.6) is 11.5 Å². The summed E-state index contributed by atoms with van der Waals surface area (Å²) in [6, 6.07) is 20.4. The van der Waals surface area contributed by atoms with Crippen molar-refractivity contribution in [3.8, 4) is 11.5 Å². The average Bonchev–Trinajstić information content (AvgIpc) is 3.38. The van der Waals surface area contributed by atoms with Crippen LogP contribution in [-0.2, 0) is 0 Å². The first-order valence-electron chi connectivity index (χ1n) is 10.2. The van der Waals surface area contributed by atoms with Crippen molar-refractivity contribution in [1.82, 2.24) is 10.6 Å². The Morgan fingerprint density at radius 2 is 1.81 bits per heavy atom. The van der Waals surface area contributed by atoms with Crippen LogP contribution in [0.4, 0.5) is 0 Å². The first-order valence-corrected chi connectivity index (χ1v) is 10.2. The summed E-state index contributed by atoms with van der Waals surface area (Å²) >= 11 is 0. The van der Waals surface area contributed by atoms with Crippen molar-refractivity contribution in [2.75, 3.05) is 6.54 Å². The van der Waals surface area contributed by atoms with E-state index in [4.69, 9.17) is 4.74 Å². The van der Waals surface area contributed by atoms with E-state index in [1.54, 1.807) is 0 Å². The van der Waals surface area contributed by atoms with Gasteiger partial charge in [-0.05, 0) is 61.6 Å². The van der Waals surface area contributed by atoms with Gasteiger partial charge in [0.25, 0.3) is 0 Å². The molecule has 1 saturated carbocycles. The molecule has 2 aliphatic rings. The molecule has 1 aliphatic heterocycles. The summed E-state index contributed by atoms with van der Waals surface area (Å²) < 4.78 is 5.93. The van der Waals surface area contributed by atoms with Crippen LogP contribution in [-0.4, -0.2) is 18.6 Å². The number of ether oxygens (including phenoxy) is 1. The van der Waals surface area contributed by atoms with E-state index < -0.39 is 0 Å². The molecule has 3 nitrogen and oxygen atoms in total. The van der Waals surface area contributed by atoms with Gasteiger partial charge in [0.15, 0.2) is 0 Å². The molecule has 2 N–H and O–H groups in total. The lowest BCUT2D eigenvalue weighted by atomic mass is 10.0. The third kappa shape index (κ3) is 4.11. The Morgan fingerprint density at radius 3 is 2.58 bits per heavy atom. The van der Waals surface area contributed by atoms with Crippen LogP contribution in [0.3, 0.4) is 0 Å². The zero-order valence-corrected chi connectivity index (χ0v) is 15.7. The highest BCUT2D eigenvalue weighted by molar-refractivity contribution is 5.34. The van der Waals surface area contributed by atoms with E-state index in [9.17, 15) is 0 Å². The molecule has 0 spiro atoms. The van der Waals surface area contributed by atoms with E-state index in [1.807, 2.05) is 30.3 Å². The number of benzene rings is 2. The lowest BCUT2D eigenvalue weighted by molar-refractivity contribution is 0.453. The molecule has 1 heterocycles. The highest BCUT2D eigenvalue weighted by atomic mass is 16.5. The number of hydrogen-bond acceptors (Lipinski definition) is 3. The standard InChI is InChI=1S/C23H30N2O/c1-2-8-21(25-23-20-11-6-7-16-24-22(20)23)17-12-14-19(15-13-17)26-18-9-4-3-5-10-18/h3-5,9-10,12-15,20-25H,2,6-8,11,16H2,1H3. The van der Waals surface area contributed by atoms with E-state index >= 15 is 0 Å². The van der Waals surface area contributed by atoms with Crippen LogP contribution < -0.4 is 15.4 Å². The normalized spacial score (nSPS) is 25.8. The molecule has 4 unspecified atom stereocenters. The molecular formula is C23H30N2O. The van der Waals surface area contributed by atoms with Crippen molar-refractivity contribution in [3.63, 3.8) is 0 Å². The van der Waals surface area contributed by atoms with Crippen LogP contribution in [0.1, 0.15) is 50.6 Å². The highest BCUT2D eigenvalue weighted by Crippen LogP contribution is 2.40. The van der Waals surface area contributed by atoms with Gasteiger partial charge in [-0.2, -0.15) is 0 Å². The lowest BCUT2D eigenvalue weighted by Crippen LogP contribution is -2.31. The Morgan fingerprint density at radius 1 is 1.04 bits per heavy atom. The van der Waals surface area contributed by atoms with Gasteiger partial charge in [-0.1, -0.05) is 50.1 Å². The second-order valence-corrected chi connectivity index (χ2v) is 7.66. The zero-order valence-electron chi connectivity index (χ0n) is 15.7. The van der Waals surface area contributed by atoms with Gasteiger partial charge in [0.05, 0.1) is 0 Å². The fraction of sp³-hybridized carbons (Fsp3) is 0.478. The molecule has 2 aromatic rings. The predicted octanol–water partition coefficient (Wildman–Crippen LogP) is 5.05. The minimum atomic E-state index is 0.435. The molecule has 26 heavy (non-hydrogen) atoms. The quantitative estimate of drug-likeness (QED) is 0.733. The second kappa shape index (κ2) is 8.24. The summed E-state index contributed by atoms with van der Waals surface area (Å²) in [5, 5.41) is 7.67. The molecule has 3 heteroatoms. The summed E-state index contributed by atoms with van der Waals surface area (Å²) in [6.45, 7) is 3.45. The topological polar surface area (TPSA) is 33.3 Å². The predicted molar refractivity (Wildman–Crippen MR) is 107 cm³/mol. The average molecular weight is 351 g/mol. The van der Waals surface area contributed by atoms with E-state index in [2.05, 4.69) is 41.8 Å². The van der Waals surface area contributed by atoms with E-state index in [1.165, 1.54) is 44.2 Å². The number of hydrogen-bond donors (Lipinski definition) is 2. The monoisotopic (exact) mass is 350 g/mol. The second-order valence-electron chi connectivity index (χ2n) is 7.66. The van der Waals surface area contributed by atoms with Gasteiger partial charge >= 0.3 is 0 Å². The van der Waals surface area contributed by atoms with Crippen molar-refractivity contribution in [3.05, 3.63) is 60.2 Å². The fourth-order valence-electron chi connectivity index (χ4n) is 4.27. The molecule has 2 fully saturated rings. The molecule has 2 aromatic carbocycles. The van der Waals surface area contributed by atoms with Crippen molar-refractivity contribution >= 4 is 0 Å². The van der Waals surface area contributed by atoms with E-state index in [0.717, 1.165) is 17.4 Å².